The maximum atomic E-state index is 10.9. The van der Waals surface area contributed by atoms with E-state index in [1.165, 1.54) is 24.3 Å². The van der Waals surface area contributed by atoms with E-state index in [2.05, 4.69) is 5.16 Å². The van der Waals surface area contributed by atoms with Gasteiger partial charge in [0.25, 0.3) is 11.4 Å². The van der Waals surface area contributed by atoms with Crippen LogP contribution < -0.4 is 0 Å². The van der Waals surface area contributed by atoms with E-state index in [4.69, 9.17) is 23.2 Å². The number of benzene rings is 2. The van der Waals surface area contributed by atoms with Gasteiger partial charge >= 0.3 is 0 Å². The van der Waals surface area contributed by atoms with Crippen molar-refractivity contribution in [2.75, 3.05) is 0 Å². The average molecular weight is 356 g/mol. The second kappa shape index (κ2) is 6.59. The highest BCUT2D eigenvalue weighted by Gasteiger charge is 2.20. The van der Waals surface area contributed by atoms with Gasteiger partial charge in [-0.15, -0.1) is 0 Å². The van der Waals surface area contributed by atoms with Crippen LogP contribution in [0.5, 0.6) is 0 Å². The van der Waals surface area contributed by atoms with Crippen molar-refractivity contribution in [3.05, 3.63) is 77.8 Å². The van der Waals surface area contributed by atoms with Crippen LogP contribution in [0, 0.1) is 20.2 Å². The average Bonchev–Trinajstić information content (AvgIpc) is 2.50. The molecule has 0 heterocycles. The van der Waals surface area contributed by atoms with Gasteiger partial charge in [-0.05, 0) is 12.1 Å². The van der Waals surface area contributed by atoms with Crippen molar-refractivity contribution in [3.8, 4) is 0 Å². The van der Waals surface area contributed by atoms with Crippen LogP contribution in [0.4, 0.5) is 11.4 Å². The second-order valence-electron chi connectivity index (χ2n) is 4.30. The molecule has 0 aliphatic rings. The van der Waals surface area contributed by atoms with Gasteiger partial charge in [0.1, 0.15) is 15.8 Å². The van der Waals surface area contributed by atoms with E-state index >= 15 is 0 Å². The van der Waals surface area contributed by atoms with E-state index in [1.54, 1.807) is 0 Å². The minimum Gasteiger partial charge on any atom is -0.410 e. The summed E-state index contributed by atoms with van der Waals surface area (Å²) in [5, 5.41) is 34.0. The molecule has 2 rings (SSSR count). The van der Waals surface area contributed by atoms with E-state index in [0.717, 1.165) is 12.1 Å². The molecule has 1 N–H and O–H groups in total. The largest absolute Gasteiger partial charge is 0.410 e. The molecule has 0 radical (unpaired) electrons. The van der Waals surface area contributed by atoms with Gasteiger partial charge in [0, 0.05) is 23.3 Å². The summed E-state index contributed by atoms with van der Waals surface area (Å²) in [6.07, 6.45) is 0. The number of rotatable bonds is 4. The molecule has 8 nitrogen and oxygen atoms in total. The summed E-state index contributed by atoms with van der Waals surface area (Å²) in [6.45, 7) is 0. The monoisotopic (exact) mass is 355 g/mol. The summed E-state index contributed by atoms with van der Waals surface area (Å²) < 4.78 is 0. The first kappa shape index (κ1) is 16.7. The lowest BCUT2D eigenvalue weighted by Gasteiger charge is -2.06. The number of hydrogen-bond donors (Lipinski definition) is 1. The molecule has 0 aliphatic heterocycles. The minimum atomic E-state index is -0.689. The number of halogens is 2. The van der Waals surface area contributed by atoms with Crippen LogP contribution >= 0.6 is 23.2 Å². The summed E-state index contributed by atoms with van der Waals surface area (Å²) >= 11 is 11.4. The summed E-state index contributed by atoms with van der Waals surface area (Å²) in [5.74, 6) is 0. The first-order chi connectivity index (χ1) is 10.8. The lowest BCUT2D eigenvalue weighted by Crippen LogP contribution is -2.05. The maximum absolute atomic E-state index is 10.9. The van der Waals surface area contributed by atoms with Crippen LogP contribution in [0.25, 0.3) is 0 Å². The fourth-order valence-corrected chi connectivity index (χ4v) is 2.26. The summed E-state index contributed by atoms with van der Waals surface area (Å²) in [6, 6.07) is 7.54. The minimum absolute atomic E-state index is 0.0851. The van der Waals surface area contributed by atoms with Crippen LogP contribution in [0.2, 0.25) is 10.0 Å². The Labute approximate surface area is 138 Å². The highest BCUT2D eigenvalue weighted by Crippen LogP contribution is 2.29. The molecule has 0 aromatic heterocycles. The summed E-state index contributed by atoms with van der Waals surface area (Å²) in [7, 11) is 0. The third kappa shape index (κ3) is 3.38. The van der Waals surface area contributed by atoms with Gasteiger partial charge in [0.15, 0.2) is 0 Å². The van der Waals surface area contributed by atoms with E-state index in [-0.39, 0.29) is 38.3 Å². The summed E-state index contributed by atoms with van der Waals surface area (Å²) in [4.78, 5) is 20.5. The molecular formula is C13H7Cl2N3O5. The van der Waals surface area contributed by atoms with E-state index in [1.807, 2.05) is 0 Å². The number of nitro groups is 2. The molecule has 0 unspecified atom stereocenters. The van der Waals surface area contributed by atoms with Crippen LogP contribution in [0.1, 0.15) is 11.1 Å². The molecule has 2 aromatic rings. The normalized spacial score (nSPS) is 10.2. The highest BCUT2D eigenvalue weighted by molar-refractivity contribution is 6.33. The van der Waals surface area contributed by atoms with E-state index in [0.29, 0.717) is 0 Å². The lowest BCUT2D eigenvalue weighted by atomic mass is 10.0. The first-order valence-electron chi connectivity index (χ1n) is 5.96. The van der Waals surface area contributed by atoms with Crippen molar-refractivity contribution < 1.29 is 15.1 Å². The smallest absolute Gasteiger partial charge is 0.288 e. The van der Waals surface area contributed by atoms with Gasteiger partial charge in [-0.3, -0.25) is 20.2 Å². The van der Waals surface area contributed by atoms with Gasteiger partial charge in [0.05, 0.1) is 9.85 Å². The summed E-state index contributed by atoms with van der Waals surface area (Å²) in [5.41, 5.74) is -0.521. The van der Waals surface area contributed by atoms with Crippen LogP contribution in [-0.2, 0) is 0 Å². The van der Waals surface area contributed by atoms with Crippen molar-refractivity contribution in [2.45, 2.75) is 0 Å². The third-order valence-corrected chi connectivity index (χ3v) is 3.57. The van der Waals surface area contributed by atoms with Gasteiger partial charge in [-0.2, -0.15) is 0 Å². The Bertz CT molecular complexity index is 773. The number of nitrogens with zero attached hydrogens (tertiary/aromatic N) is 3. The molecule has 10 heteroatoms. The molecule has 0 aliphatic carbocycles. The molecule has 0 amide bonds. The molecule has 0 fully saturated rings. The third-order valence-electron chi connectivity index (χ3n) is 2.93. The first-order valence-corrected chi connectivity index (χ1v) is 6.71. The maximum Gasteiger partial charge on any atom is 0.288 e. The van der Waals surface area contributed by atoms with Gasteiger partial charge < -0.3 is 5.21 Å². The number of hydrogen-bond acceptors (Lipinski definition) is 6. The Balaban J connectivity index is 2.58. The molecule has 2 aromatic carbocycles. The second-order valence-corrected chi connectivity index (χ2v) is 5.11. The topological polar surface area (TPSA) is 119 Å². The predicted octanol–water partition coefficient (Wildman–Crippen LogP) is 4.04. The number of oxime groups is 1. The highest BCUT2D eigenvalue weighted by atomic mass is 35.5. The van der Waals surface area contributed by atoms with Crippen molar-refractivity contribution in [3.63, 3.8) is 0 Å². The molecule has 23 heavy (non-hydrogen) atoms. The number of nitro benzene ring substituents is 2. The van der Waals surface area contributed by atoms with Gasteiger partial charge in [-0.25, -0.2) is 0 Å². The lowest BCUT2D eigenvalue weighted by molar-refractivity contribution is -0.384. The quantitative estimate of drug-likeness (QED) is 0.384. The molecule has 0 saturated carbocycles. The standard InChI is InChI=1S/C13H7Cl2N3O5/c14-9-3-1-7(5-11(9)17(20)21)13(16-19)8-2-4-10(15)12(6-8)18(22)23/h1-6,19H. The Hall–Kier alpha value is -2.71. The van der Waals surface area contributed by atoms with Crippen molar-refractivity contribution in [1.29, 1.82) is 0 Å². The fraction of sp³-hybridized carbons (Fsp3) is 0. The van der Waals surface area contributed by atoms with E-state index < -0.39 is 9.85 Å². The van der Waals surface area contributed by atoms with Crippen molar-refractivity contribution >= 4 is 40.3 Å². The van der Waals surface area contributed by atoms with Crippen LogP contribution in [-0.4, -0.2) is 20.8 Å². The molecular weight excluding hydrogens is 349 g/mol. The van der Waals surface area contributed by atoms with Crippen LogP contribution in [0.3, 0.4) is 0 Å². The SMILES string of the molecule is O=[N+]([O-])c1cc(C(=NO)c2ccc(Cl)c([N+](=O)[O-])c2)ccc1Cl. The Morgan fingerprint density at radius 2 is 1.30 bits per heavy atom. The molecule has 0 saturated heterocycles. The zero-order valence-electron chi connectivity index (χ0n) is 11.1. The zero-order chi connectivity index (χ0) is 17.1. The van der Waals surface area contributed by atoms with Crippen LogP contribution in [0.15, 0.2) is 41.6 Å². The predicted molar refractivity (Wildman–Crippen MR) is 83.6 cm³/mol. The van der Waals surface area contributed by atoms with Gasteiger partial charge in [0.2, 0.25) is 0 Å². The Morgan fingerprint density at radius 1 is 0.913 bits per heavy atom. The molecule has 0 atom stereocenters. The van der Waals surface area contributed by atoms with Crippen molar-refractivity contribution in [1.82, 2.24) is 0 Å². The molecule has 0 spiro atoms. The Kier molecular flexibility index (Phi) is 4.77. The van der Waals surface area contributed by atoms with Gasteiger partial charge in [-0.1, -0.05) is 40.5 Å². The van der Waals surface area contributed by atoms with E-state index in [9.17, 15) is 25.4 Å². The fourth-order valence-electron chi connectivity index (χ4n) is 1.88. The van der Waals surface area contributed by atoms with Crippen molar-refractivity contribution in [2.24, 2.45) is 5.16 Å². The zero-order valence-corrected chi connectivity index (χ0v) is 12.7. The Morgan fingerprint density at radius 3 is 1.61 bits per heavy atom. The molecule has 118 valence electrons. The molecule has 0 bridgehead atoms.